The monoisotopic (exact) mass is 366 g/mol. The van der Waals surface area contributed by atoms with Crippen molar-refractivity contribution in [1.29, 1.82) is 0 Å². The normalized spacial score (nSPS) is 12.2. The van der Waals surface area contributed by atoms with Crippen LogP contribution < -0.4 is 5.32 Å². The molecule has 3 nitrogen and oxygen atoms in total. The number of rotatable bonds is 9. The van der Waals surface area contributed by atoms with Crippen LogP contribution in [-0.2, 0) is 4.79 Å². The van der Waals surface area contributed by atoms with E-state index in [0.29, 0.717) is 13.0 Å². The van der Waals surface area contributed by atoms with Gasteiger partial charge in [-0.25, -0.2) is 4.39 Å². The van der Waals surface area contributed by atoms with Crippen molar-refractivity contribution in [2.45, 2.75) is 44.9 Å². The second-order valence-electron chi connectivity index (χ2n) is 7.01. The Hall–Kier alpha value is -2.62. The molecule has 0 spiro atoms. The van der Waals surface area contributed by atoms with Crippen LogP contribution in [0.5, 0.6) is 0 Å². The van der Waals surface area contributed by atoms with Crippen LogP contribution in [0, 0.1) is 5.82 Å². The van der Waals surface area contributed by atoms with Crippen LogP contribution in [0.25, 0.3) is 10.9 Å². The van der Waals surface area contributed by atoms with Crippen molar-refractivity contribution < 1.29 is 9.18 Å². The summed E-state index contributed by atoms with van der Waals surface area (Å²) in [4.78, 5) is 15.8. The Kier molecular flexibility index (Phi) is 6.64. The number of carbonyl (C=O) groups excluding carboxylic acids is 1. The Morgan fingerprint density at radius 3 is 2.78 bits per heavy atom. The molecule has 0 radical (unpaired) electrons. The summed E-state index contributed by atoms with van der Waals surface area (Å²) in [6, 6.07) is 14.6. The maximum Gasteiger partial charge on any atom is 0.220 e. The van der Waals surface area contributed by atoms with E-state index in [1.807, 2.05) is 36.5 Å². The molecule has 0 bridgehead atoms. The molecular formula is C23H27FN2O. The minimum absolute atomic E-state index is 0.00559. The van der Waals surface area contributed by atoms with Gasteiger partial charge in [0.2, 0.25) is 5.91 Å². The summed E-state index contributed by atoms with van der Waals surface area (Å²) < 4.78 is 13.8. The summed E-state index contributed by atoms with van der Waals surface area (Å²) >= 11 is 0. The number of halogens is 1. The number of H-pyrrole nitrogens is 1. The van der Waals surface area contributed by atoms with E-state index < -0.39 is 0 Å². The first-order chi connectivity index (χ1) is 13.2. The Balaban J connectivity index is 1.80. The van der Waals surface area contributed by atoms with Crippen LogP contribution >= 0.6 is 0 Å². The molecule has 0 unspecified atom stereocenters. The molecule has 0 aliphatic carbocycles. The van der Waals surface area contributed by atoms with Gasteiger partial charge in [-0.2, -0.15) is 0 Å². The summed E-state index contributed by atoms with van der Waals surface area (Å²) in [6.07, 6.45) is 6.74. The fourth-order valence-electron chi connectivity index (χ4n) is 3.55. The SMILES string of the molecule is CCCCCCNC(=O)C[C@H](c1cccc(F)c1)c1c[nH]c2ccccc12. The van der Waals surface area contributed by atoms with Crippen LogP contribution in [0.4, 0.5) is 4.39 Å². The van der Waals surface area contributed by atoms with E-state index in [9.17, 15) is 9.18 Å². The van der Waals surface area contributed by atoms with Crippen molar-refractivity contribution in [1.82, 2.24) is 10.3 Å². The van der Waals surface area contributed by atoms with Gasteiger partial charge in [0.15, 0.2) is 0 Å². The predicted molar refractivity (Wildman–Crippen MR) is 108 cm³/mol. The summed E-state index contributed by atoms with van der Waals surface area (Å²) in [5.41, 5.74) is 2.87. The average Bonchev–Trinajstić information content (AvgIpc) is 3.10. The topological polar surface area (TPSA) is 44.9 Å². The molecule has 1 amide bonds. The summed E-state index contributed by atoms with van der Waals surface area (Å²) in [5.74, 6) is -0.462. The van der Waals surface area contributed by atoms with Gasteiger partial charge in [-0.3, -0.25) is 4.79 Å². The van der Waals surface area contributed by atoms with Crippen LogP contribution in [0.2, 0.25) is 0 Å². The number of aromatic nitrogens is 1. The number of para-hydroxylation sites is 1. The third-order valence-corrected chi connectivity index (χ3v) is 4.99. The minimum Gasteiger partial charge on any atom is -0.361 e. The van der Waals surface area contributed by atoms with E-state index in [-0.39, 0.29) is 17.6 Å². The summed E-state index contributed by atoms with van der Waals surface area (Å²) in [5, 5.41) is 4.10. The molecule has 27 heavy (non-hydrogen) atoms. The Morgan fingerprint density at radius 1 is 1.11 bits per heavy atom. The molecule has 0 saturated carbocycles. The maximum atomic E-state index is 13.8. The number of carbonyl (C=O) groups is 1. The molecule has 3 rings (SSSR count). The quantitative estimate of drug-likeness (QED) is 0.481. The highest BCUT2D eigenvalue weighted by Gasteiger charge is 2.21. The van der Waals surface area contributed by atoms with Gasteiger partial charge in [-0.05, 0) is 35.7 Å². The highest BCUT2D eigenvalue weighted by atomic mass is 19.1. The average molecular weight is 366 g/mol. The molecule has 1 aromatic heterocycles. The van der Waals surface area contributed by atoms with Gasteiger partial charge in [0.05, 0.1) is 0 Å². The Bertz CT molecular complexity index is 887. The van der Waals surface area contributed by atoms with Gasteiger partial charge in [0, 0.05) is 36.0 Å². The molecule has 142 valence electrons. The number of hydrogen-bond donors (Lipinski definition) is 2. The fourth-order valence-corrected chi connectivity index (χ4v) is 3.55. The van der Waals surface area contributed by atoms with Crippen molar-refractivity contribution in [2.24, 2.45) is 0 Å². The minimum atomic E-state index is -0.280. The van der Waals surface area contributed by atoms with E-state index in [0.717, 1.165) is 34.9 Å². The lowest BCUT2D eigenvalue weighted by molar-refractivity contribution is -0.121. The van der Waals surface area contributed by atoms with E-state index in [1.54, 1.807) is 6.07 Å². The van der Waals surface area contributed by atoms with E-state index in [4.69, 9.17) is 0 Å². The molecule has 0 aliphatic rings. The standard InChI is InChI=1S/C23H27FN2O/c1-2-3-4-7-13-25-23(27)15-20(17-9-8-10-18(24)14-17)21-16-26-22-12-6-5-11-19(21)22/h5-6,8-12,14,16,20,26H,2-4,7,13,15H2,1H3,(H,25,27)/t20-/m1/s1. The number of benzene rings is 2. The van der Waals surface area contributed by atoms with Gasteiger partial charge in [-0.1, -0.05) is 56.5 Å². The molecule has 0 aliphatic heterocycles. The zero-order valence-electron chi connectivity index (χ0n) is 15.8. The lowest BCUT2D eigenvalue weighted by Gasteiger charge is -2.17. The number of nitrogens with one attached hydrogen (secondary N) is 2. The second kappa shape index (κ2) is 9.36. The highest BCUT2D eigenvalue weighted by Crippen LogP contribution is 2.33. The molecule has 3 aromatic rings. The Morgan fingerprint density at radius 2 is 1.96 bits per heavy atom. The van der Waals surface area contributed by atoms with E-state index in [1.165, 1.54) is 25.0 Å². The lowest BCUT2D eigenvalue weighted by atomic mass is 9.88. The molecule has 0 saturated heterocycles. The fraction of sp³-hybridized carbons (Fsp3) is 0.348. The van der Waals surface area contributed by atoms with Gasteiger partial charge in [-0.15, -0.1) is 0 Å². The van der Waals surface area contributed by atoms with Gasteiger partial charge in [0.1, 0.15) is 5.82 Å². The predicted octanol–water partition coefficient (Wildman–Crippen LogP) is 5.53. The highest BCUT2D eigenvalue weighted by molar-refractivity contribution is 5.86. The zero-order chi connectivity index (χ0) is 19.1. The summed E-state index contributed by atoms with van der Waals surface area (Å²) in [6.45, 7) is 2.87. The molecule has 1 atom stereocenters. The van der Waals surface area contributed by atoms with Gasteiger partial charge in [0.25, 0.3) is 0 Å². The molecule has 2 N–H and O–H groups in total. The molecule has 0 fully saturated rings. The van der Waals surface area contributed by atoms with Crippen molar-refractivity contribution in [3.8, 4) is 0 Å². The van der Waals surface area contributed by atoms with Crippen molar-refractivity contribution in [2.75, 3.05) is 6.54 Å². The number of fused-ring (bicyclic) bond motifs is 1. The Labute approximate surface area is 160 Å². The van der Waals surface area contributed by atoms with E-state index >= 15 is 0 Å². The molecule has 1 heterocycles. The van der Waals surface area contributed by atoms with Gasteiger partial charge < -0.3 is 10.3 Å². The van der Waals surface area contributed by atoms with Crippen LogP contribution in [0.1, 0.15) is 56.1 Å². The van der Waals surface area contributed by atoms with E-state index in [2.05, 4.69) is 17.2 Å². The number of amides is 1. The number of hydrogen-bond acceptors (Lipinski definition) is 1. The summed E-state index contributed by atoms with van der Waals surface area (Å²) in [7, 11) is 0. The third kappa shape index (κ3) is 4.97. The molecular weight excluding hydrogens is 339 g/mol. The van der Waals surface area contributed by atoms with Crippen molar-refractivity contribution >= 4 is 16.8 Å². The van der Waals surface area contributed by atoms with Crippen molar-refractivity contribution in [3.05, 3.63) is 71.7 Å². The first-order valence-electron chi connectivity index (χ1n) is 9.77. The molecule has 2 aromatic carbocycles. The largest absolute Gasteiger partial charge is 0.361 e. The molecule has 4 heteroatoms. The van der Waals surface area contributed by atoms with Crippen LogP contribution in [-0.4, -0.2) is 17.4 Å². The lowest BCUT2D eigenvalue weighted by Crippen LogP contribution is -2.26. The number of aromatic amines is 1. The maximum absolute atomic E-state index is 13.8. The first-order valence-corrected chi connectivity index (χ1v) is 9.77. The van der Waals surface area contributed by atoms with Crippen LogP contribution in [0.3, 0.4) is 0 Å². The van der Waals surface area contributed by atoms with Crippen LogP contribution in [0.15, 0.2) is 54.7 Å². The zero-order valence-corrected chi connectivity index (χ0v) is 15.8. The van der Waals surface area contributed by atoms with Crippen molar-refractivity contribution in [3.63, 3.8) is 0 Å². The number of unbranched alkanes of at least 4 members (excludes halogenated alkanes) is 3. The first kappa shape index (κ1) is 19.2. The third-order valence-electron chi connectivity index (χ3n) is 4.99. The second-order valence-corrected chi connectivity index (χ2v) is 7.01. The smallest absolute Gasteiger partial charge is 0.220 e. The van der Waals surface area contributed by atoms with Gasteiger partial charge >= 0.3 is 0 Å².